The third kappa shape index (κ3) is 18.5. The molecule has 0 bridgehead atoms. The SMILES string of the molecule is [2H]c1c([2H])c([2H])c(-c2ccc(N(c3ccc(-c4ccccc4)cc3)c3ccc(-c4ccc(-c5cccc6c5oc5ccccc56)cc4)cc3)cc2)c([2H])c1[2H].[2H]c1c([2H])c([2H])c(-c2ccc(N(c3ccc(-c4ccccc4)cc3)c3ccc(-c4ccc(-c5cccc6c5sc5ccccc56)cc4)cc3)cc2)c([2H])c1[2H].c1ccc(-c2ccc(N(c3ccc(-c4ccccc4)cc3)c3ccc(-c4ccccc4)cc3)cc2)cc1. The number of rotatable bonds is 20. The fraction of sp³-hybridized carbons (Fsp3) is 0. The first-order valence-corrected chi connectivity index (χ1v) is 46.6. The summed E-state index contributed by atoms with van der Waals surface area (Å²) in [6.07, 6.45) is 0. The second-order valence-electron chi connectivity index (χ2n) is 33.5. The smallest absolute Gasteiger partial charge is 0.143 e. The number of benzene rings is 22. The van der Waals surface area contributed by atoms with Crippen LogP contribution in [0.2, 0.25) is 0 Å². The first kappa shape index (κ1) is 73.9. The lowest BCUT2D eigenvalue weighted by Crippen LogP contribution is -2.09. The van der Waals surface area contributed by atoms with Gasteiger partial charge in [0.05, 0.1) is 13.7 Å². The quantitative estimate of drug-likeness (QED) is 0.0759. The maximum atomic E-state index is 8.49. The molecule has 0 amide bonds. The summed E-state index contributed by atoms with van der Waals surface area (Å²) in [6, 6.07) is 171. The molecular weight excluding hydrogens is 1680 g/mol. The van der Waals surface area contributed by atoms with Gasteiger partial charge in [0, 0.05) is 87.7 Å². The van der Waals surface area contributed by atoms with Gasteiger partial charge < -0.3 is 19.1 Å². The first-order valence-electron chi connectivity index (χ1n) is 50.8. The van der Waals surface area contributed by atoms with Gasteiger partial charge in [-0.05, 0) is 238 Å². The Morgan fingerprint density at radius 1 is 0.161 bits per heavy atom. The Morgan fingerprint density at radius 2 is 0.380 bits per heavy atom. The average Bonchev–Trinajstić information content (AvgIpc) is 1.41. The molecule has 137 heavy (non-hydrogen) atoms. The lowest BCUT2D eigenvalue weighted by atomic mass is 9.98. The standard InChI is InChI=1S/C48H33NO.C48H33NS.C36H27N/c2*1-3-10-34(11-4-1)37-22-28-41(29-23-37)49(42-30-24-38(25-31-42)35-12-5-2-6-13-35)43-32-26-39(27-33-43)36-18-20-40(21-19-36)44-15-9-16-46-45-14-7-8-17-47(45)50-48(44)46;1-4-10-28(11-5-1)31-16-22-34(23-17-31)37(35-24-18-32(19-25-35)29-12-6-2-7-13-29)36-26-20-33(21-27-36)30-14-8-3-9-15-30/h2*1-33H;1-27H/i2*1D,3D,4D,10D,11D;. The molecule has 0 atom stereocenters. The molecule has 2 aromatic heterocycles. The van der Waals surface area contributed by atoms with Crippen LogP contribution in [0.4, 0.5) is 51.2 Å². The van der Waals surface area contributed by atoms with E-state index in [0.29, 0.717) is 11.1 Å². The molecule has 0 fully saturated rings. The molecular formula is C132H93N3OS. The van der Waals surface area contributed by atoms with Crippen LogP contribution < -0.4 is 14.7 Å². The highest BCUT2D eigenvalue weighted by Crippen LogP contribution is 2.46. The van der Waals surface area contributed by atoms with Crippen molar-refractivity contribution in [3.63, 3.8) is 0 Å². The molecule has 24 rings (SSSR count). The Hall–Kier alpha value is -17.7. The predicted octanol–water partition coefficient (Wildman–Crippen LogP) is 38.1. The van der Waals surface area contributed by atoms with Crippen LogP contribution in [0.15, 0.2) is 568 Å². The molecule has 0 spiro atoms. The second-order valence-corrected chi connectivity index (χ2v) is 34.5. The van der Waals surface area contributed by atoms with Crippen LogP contribution in [0.25, 0.3) is 165 Å². The van der Waals surface area contributed by atoms with Crippen molar-refractivity contribution in [3.05, 3.63) is 564 Å². The Kier molecular flexibility index (Phi) is 21.2. The van der Waals surface area contributed by atoms with E-state index >= 15 is 0 Å². The molecule has 4 nitrogen and oxygen atoms in total. The van der Waals surface area contributed by atoms with Crippen molar-refractivity contribution in [1.82, 2.24) is 0 Å². The van der Waals surface area contributed by atoms with Crippen molar-refractivity contribution < 1.29 is 18.1 Å². The number of nitrogens with zero attached hydrogens (tertiary/aromatic N) is 3. The van der Waals surface area contributed by atoms with E-state index in [1.807, 2.05) is 114 Å². The van der Waals surface area contributed by atoms with Gasteiger partial charge in [0.15, 0.2) is 0 Å². The zero-order valence-corrected chi connectivity index (χ0v) is 75.4. The van der Waals surface area contributed by atoms with Crippen LogP contribution in [-0.2, 0) is 0 Å². The van der Waals surface area contributed by atoms with E-state index in [1.54, 1.807) is 0 Å². The van der Waals surface area contributed by atoms with Crippen LogP contribution in [-0.4, -0.2) is 0 Å². The molecule has 2 heterocycles. The maximum absolute atomic E-state index is 8.49. The summed E-state index contributed by atoms with van der Waals surface area (Å²) in [5.74, 6) is 0. The number of fused-ring (bicyclic) bond motifs is 6. The van der Waals surface area contributed by atoms with Gasteiger partial charge in [-0.15, -0.1) is 11.3 Å². The monoisotopic (exact) mass is 1780 g/mol. The van der Waals surface area contributed by atoms with E-state index in [1.165, 1.54) is 64.7 Å². The van der Waals surface area contributed by atoms with E-state index in [0.717, 1.165) is 129 Å². The van der Waals surface area contributed by atoms with Crippen molar-refractivity contribution in [2.24, 2.45) is 0 Å². The van der Waals surface area contributed by atoms with E-state index in [2.05, 4.69) is 415 Å². The molecule has 0 saturated carbocycles. The van der Waals surface area contributed by atoms with Gasteiger partial charge in [-0.25, -0.2) is 0 Å². The van der Waals surface area contributed by atoms with Gasteiger partial charge >= 0.3 is 0 Å². The van der Waals surface area contributed by atoms with E-state index in [4.69, 9.17) is 18.1 Å². The molecule has 0 N–H and O–H groups in total. The highest BCUT2D eigenvalue weighted by Gasteiger charge is 2.21. The van der Waals surface area contributed by atoms with Gasteiger partial charge in [0.1, 0.15) is 11.2 Å². The maximum Gasteiger partial charge on any atom is 0.143 e. The summed E-state index contributed by atoms with van der Waals surface area (Å²) < 4.78 is 91.5. The molecule has 0 unspecified atom stereocenters. The molecule has 0 aliphatic carbocycles. The van der Waals surface area contributed by atoms with Crippen LogP contribution in [0.1, 0.15) is 13.7 Å². The minimum Gasteiger partial charge on any atom is -0.455 e. The number of thiophene rings is 1. The normalized spacial score (nSPS) is 12.1. The number of furan rings is 1. The molecule has 0 radical (unpaired) electrons. The number of hydrogen-bond donors (Lipinski definition) is 0. The lowest BCUT2D eigenvalue weighted by Gasteiger charge is -2.26. The second kappa shape index (κ2) is 39.4. The summed E-state index contributed by atoms with van der Waals surface area (Å²) in [5.41, 5.74) is 32.9. The first-order chi connectivity index (χ1) is 72.1. The van der Waals surface area contributed by atoms with Crippen LogP contribution in [0.3, 0.4) is 0 Å². The number of hydrogen-bond acceptors (Lipinski definition) is 5. The zero-order chi connectivity index (χ0) is 100. The van der Waals surface area contributed by atoms with Crippen LogP contribution in [0, 0.1) is 0 Å². The Bertz CT molecular complexity index is 8190. The Labute approximate surface area is 818 Å². The highest BCUT2D eigenvalue weighted by atomic mass is 32.1. The minimum absolute atomic E-state index is 0.181. The van der Waals surface area contributed by atoms with E-state index in [-0.39, 0.29) is 59.5 Å². The van der Waals surface area contributed by atoms with Crippen LogP contribution in [0.5, 0.6) is 0 Å². The summed E-state index contributed by atoms with van der Waals surface area (Å²) in [6.45, 7) is 0. The van der Waals surface area contributed by atoms with Gasteiger partial charge in [0.2, 0.25) is 0 Å². The van der Waals surface area contributed by atoms with Crippen molar-refractivity contribution in [2.45, 2.75) is 0 Å². The largest absolute Gasteiger partial charge is 0.455 e. The molecule has 5 heteroatoms. The number of para-hydroxylation sites is 2. The van der Waals surface area contributed by atoms with Crippen LogP contribution >= 0.6 is 11.3 Å². The predicted molar refractivity (Wildman–Crippen MR) is 583 cm³/mol. The fourth-order valence-electron chi connectivity index (χ4n) is 18.1. The summed E-state index contributed by atoms with van der Waals surface area (Å²) >= 11 is 1.84. The molecule has 0 aliphatic heterocycles. The van der Waals surface area contributed by atoms with Gasteiger partial charge in [-0.1, -0.05) is 443 Å². The average molecular weight is 1780 g/mol. The third-order valence-corrected chi connectivity index (χ3v) is 26.3. The molecule has 24 aromatic rings. The molecule has 22 aromatic carbocycles. The number of anilines is 9. The minimum atomic E-state index is -0.403. The van der Waals surface area contributed by atoms with Crippen molar-refractivity contribution in [2.75, 3.05) is 14.7 Å². The summed E-state index contributed by atoms with van der Waals surface area (Å²) in [5, 5.41) is 4.81. The summed E-state index contributed by atoms with van der Waals surface area (Å²) in [7, 11) is 0. The Morgan fingerprint density at radius 3 is 0.686 bits per heavy atom. The van der Waals surface area contributed by atoms with E-state index < -0.39 is 12.1 Å². The summed E-state index contributed by atoms with van der Waals surface area (Å²) in [4.78, 5) is 6.64. The van der Waals surface area contributed by atoms with Gasteiger partial charge in [0.25, 0.3) is 0 Å². The highest BCUT2D eigenvalue weighted by molar-refractivity contribution is 7.26. The molecule has 0 saturated heterocycles. The van der Waals surface area contributed by atoms with Crippen molar-refractivity contribution >= 4 is 105 Å². The van der Waals surface area contributed by atoms with Gasteiger partial charge in [-0.2, -0.15) is 0 Å². The zero-order valence-electron chi connectivity index (χ0n) is 84.6. The van der Waals surface area contributed by atoms with Gasteiger partial charge in [-0.3, -0.25) is 0 Å². The van der Waals surface area contributed by atoms with Crippen molar-refractivity contribution in [3.8, 4) is 122 Å². The molecule has 648 valence electrons. The Balaban J connectivity index is 0.000000128. The third-order valence-electron chi connectivity index (χ3n) is 25.1. The topological polar surface area (TPSA) is 22.9 Å². The van der Waals surface area contributed by atoms with E-state index in [9.17, 15) is 0 Å². The fourth-order valence-corrected chi connectivity index (χ4v) is 19.3. The lowest BCUT2D eigenvalue weighted by molar-refractivity contribution is 0.670. The molecule has 0 aliphatic rings. The van der Waals surface area contributed by atoms with Crippen molar-refractivity contribution in [1.29, 1.82) is 0 Å².